The van der Waals surface area contributed by atoms with Gasteiger partial charge in [-0.2, -0.15) is 0 Å². The van der Waals surface area contributed by atoms with Crippen LogP contribution < -0.4 is 15.4 Å². The fourth-order valence-electron chi connectivity index (χ4n) is 4.10. The van der Waals surface area contributed by atoms with Gasteiger partial charge in [0.15, 0.2) is 0 Å². The van der Waals surface area contributed by atoms with E-state index in [9.17, 15) is 8.42 Å². The van der Waals surface area contributed by atoms with Crippen LogP contribution in [0.4, 0.5) is 11.6 Å². The highest BCUT2D eigenvalue weighted by atomic mass is 32.2. The van der Waals surface area contributed by atoms with Crippen molar-refractivity contribution in [1.82, 2.24) is 15.2 Å². The van der Waals surface area contributed by atoms with Crippen molar-refractivity contribution in [2.24, 2.45) is 17.6 Å². The summed E-state index contributed by atoms with van der Waals surface area (Å²) in [5.74, 6) is 2.59. The van der Waals surface area contributed by atoms with E-state index in [2.05, 4.69) is 34.3 Å². The largest absolute Gasteiger partial charge is 0.419 e. The lowest BCUT2D eigenvalue weighted by molar-refractivity contribution is 0.355. The Bertz CT molecular complexity index is 1260. The van der Waals surface area contributed by atoms with Crippen molar-refractivity contribution in [3.05, 3.63) is 53.9 Å². The Labute approximate surface area is 200 Å². The first kappa shape index (κ1) is 24.2. The van der Waals surface area contributed by atoms with Crippen molar-refractivity contribution in [2.75, 3.05) is 22.9 Å². The molecule has 9 nitrogen and oxygen atoms in total. The number of sulfonamides is 1. The molecule has 1 aliphatic carbocycles. The molecule has 2 unspecified atom stereocenters. The van der Waals surface area contributed by atoms with Gasteiger partial charge >= 0.3 is 0 Å². The van der Waals surface area contributed by atoms with Gasteiger partial charge in [0.1, 0.15) is 11.6 Å². The third-order valence-electron chi connectivity index (χ3n) is 6.40. The van der Waals surface area contributed by atoms with Gasteiger partial charge in [-0.15, -0.1) is 10.2 Å². The van der Waals surface area contributed by atoms with Crippen LogP contribution in [-0.2, 0) is 22.0 Å². The molecule has 1 fully saturated rings. The highest BCUT2D eigenvalue weighted by molar-refractivity contribution is 7.92. The number of anilines is 2. The molecule has 3 aromatic rings. The predicted octanol–water partition coefficient (Wildman–Crippen LogP) is 3.40. The van der Waals surface area contributed by atoms with Crippen LogP contribution in [0.15, 0.2) is 46.9 Å². The van der Waals surface area contributed by atoms with E-state index >= 15 is 0 Å². The van der Waals surface area contributed by atoms with Crippen LogP contribution in [0.5, 0.6) is 0 Å². The number of aromatic nitrogens is 3. The summed E-state index contributed by atoms with van der Waals surface area (Å²) in [7, 11) is -2.04. The zero-order valence-corrected chi connectivity index (χ0v) is 21.0. The number of nitrogens with one attached hydrogen (secondary N) is 1. The molecule has 3 N–H and O–H groups in total. The average Bonchev–Trinajstić information content (AvgIpc) is 3.29. The SMILES string of the molecule is CC(Nc1cc(-c2nnc(C(C)(N)Cc3ccccc3)o2)cc(N(C)S(C)(=O)=O)n1)[C@H]1C[C@@H]1C. The number of hydrogen-bond donors (Lipinski definition) is 2. The Morgan fingerprint density at radius 3 is 2.56 bits per heavy atom. The van der Waals surface area contributed by atoms with E-state index in [1.165, 1.54) is 7.05 Å². The van der Waals surface area contributed by atoms with Crippen LogP contribution >= 0.6 is 0 Å². The number of nitrogens with two attached hydrogens (primary N) is 1. The molecule has 4 atom stereocenters. The lowest BCUT2D eigenvalue weighted by atomic mass is 9.94. The summed E-state index contributed by atoms with van der Waals surface area (Å²) >= 11 is 0. The molecule has 4 rings (SSSR count). The zero-order valence-electron chi connectivity index (χ0n) is 20.2. The fourth-order valence-corrected chi connectivity index (χ4v) is 4.53. The smallest absolute Gasteiger partial charge is 0.248 e. The number of pyridine rings is 1. The first-order valence-corrected chi connectivity index (χ1v) is 13.2. The third kappa shape index (κ3) is 5.39. The molecule has 0 amide bonds. The minimum atomic E-state index is -3.51. The summed E-state index contributed by atoms with van der Waals surface area (Å²) in [6.45, 7) is 6.17. The maximum absolute atomic E-state index is 12.2. The van der Waals surface area contributed by atoms with Gasteiger partial charge in [-0.3, -0.25) is 4.31 Å². The quantitative estimate of drug-likeness (QED) is 0.473. The fraction of sp³-hybridized carbons (Fsp3) is 0.458. The lowest BCUT2D eigenvalue weighted by Gasteiger charge is -2.20. The van der Waals surface area contributed by atoms with E-state index in [4.69, 9.17) is 10.2 Å². The summed E-state index contributed by atoms with van der Waals surface area (Å²) in [6.07, 6.45) is 2.82. The van der Waals surface area contributed by atoms with Crippen LogP contribution in [0.3, 0.4) is 0 Å². The van der Waals surface area contributed by atoms with Crippen LogP contribution in [0.1, 0.15) is 38.6 Å². The minimum Gasteiger partial charge on any atom is -0.419 e. The molecule has 10 heteroatoms. The molecule has 182 valence electrons. The Hall–Kier alpha value is -2.98. The highest BCUT2D eigenvalue weighted by Gasteiger charge is 2.37. The summed E-state index contributed by atoms with van der Waals surface area (Å²) in [5.41, 5.74) is 7.29. The van der Waals surface area contributed by atoms with E-state index in [1.54, 1.807) is 12.1 Å². The topological polar surface area (TPSA) is 127 Å². The van der Waals surface area contributed by atoms with Crippen LogP contribution in [0.25, 0.3) is 11.5 Å². The molecular formula is C24H32N6O3S. The van der Waals surface area contributed by atoms with Crippen molar-refractivity contribution in [1.29, 1.82) is 0 Å². The van der Waals surface area contributed by atoms with Gasteiger partial charge in [0.2, 0.25) is 21.8 Å². The second kappa shape index (κ2) is 8.99. The molecule has 0 saturated heterocycles. The Balaban J connectivity index is 1.66. The first-order valence-electron chi connectivity index (χ1n) is 11.3. The molecule has 0 spiro atoms. The van der Waals surface area contributed by atoms with Crippen molar-refractivity contribution in [3.63, 3.8) is 0 Å². The van der Waals surface area contributed by atoms with E-state index in [1.807, 2.05) is 37.3 Å². The summed E-state index contributed by atoms with van der Waals surface area (Å²) < 4.78 is 31.5. The predicted molar refractivity (Wildman–Crippen MR) is 133 cm³/mol. The molecule has 2 aromatic heterocycles. The van der Waals surface area contributed by atoms with Gasteiger partial charge in [0, 0.05) is 18.7 Å². The molecule has 2 heterocycles. The van der Waals surface area contributed by atoms with Crippen LogP contribution in [-0.4, -0.2) is 42.9 Å². The van der Waals surface area contributed by atoms with Crippen LogP contribution in [0.2, 0.25) is 0 Å². The number of benzene rings is 1. The van der Waals surface area contributed by atoms with E-state index < -0.39 is 15.6 Å². The summed E-state index contributed by atoms with van der Waals surface area (Å²) in [6, 6.07) is 13.5. The van der Waals surface area contributed by atoms with Gasteiger partial charge in [-0.1, -0.05) is 37.3 Å². The third-order valence-corrected chi connectivity index (χ3v) is 7.58. The van der Waals surface area contributed by atoms with Gasteiger partial charge in [0.05, 0.1) is 11.8 Å². The van der Waals surface area contributed by atoms with Gasteiger partial charge in [-0.05, 0) is 56.2 Å². The maximum atomic E-state index is 12.2. The molecule has 0 bridgehead atoms. The molecule has 1 saturated carbocycles. The van der Waals surface area contributed by atoms with Crippen molar-refractivity contribution >= 4 is 21.7 Å². The van der Waals surface area contributed by atoms with E-state index in [0.717, 1.165) is 22.5 Å². The normalized spacial score (nSPS) is 20.4. The Morgan fingerprint density at radius 1 is 1.26 bits per heavy atom. The number of rotatable bonds is 9. The van der Waals surface area contributed by atoms with Crippen molar-refractivity contribution < 1.29 is 12.8 Å². The van der Waals surface area contributed by atoms with Gasteiger partial charge < -0.3 is 15.5 Å². The van der Waals surface area contributed by atoms with E-state index in [-0.39, 0.29) is 17.8 Å². The van der Waals surface area contributed by atoms with Crippen molar-refractivity contribution in [2.45, 2.75) is 45.2 Å². The molecule has 34 heavy (non-hydrogen) atoms. The lowest BCUT2D eigenvalue weighted by Crippen LogP contribution is -2.35. The molecule has 0 radical (unpaired) electrons. The monoisotopic (exact) mass is 484 g/mol. The Kier molecular flexibility index (Phi) is 6.39. The first-order chi connectivity index (χ1) is 15.9. The maximum Gasteiger partial charge on any atom is 0.248 e. The molecule has 1 aliphatic rings. The average molecular weight is 485 g/mol. The molecule has 1 aromatic carbocycles. The van der Waals surface area contributed by atoms with Crippen LogP contribution in [0, 0.1) is 11.8 Å². The number of hydrogen-bond acceptors (Lipinski definition) is 8. The zero-order chi connectivity index (χ0) is 24.7. The number of nitrogens with zero attached hydrogens (tertiary/aromatic N) is 4. The molecular weight excluding hydrogens is 452 g/mol. The summed E-state index contributed by atoms with van der Waals surface area (Å²) in [5, 5.41) is 11.8. The Morgan fingerprint density at radius 2 is 1.94 bits per heavy atom. The highest BCUT2D eigenvalue weighted by Crippen LogP contribution is 2.41. The van der Waals surface area contributed by atoms with E-state index in [0.29, 0.717) is 35.5 Å². The second-order valence-electron chi connectivity index (χ2n) is 9.63. The standard InChI is InChI=1S/C24H32N6O3S/c1-15-11-19(15)16(2)26-20-12-18(13-21(27-20)30(4)34(5,31)32)22-28-29-23(33-22)24(3,25)14-17-9-7-6-8-10-17/h6-10,12-13,15-16,19H,11,14,25H2,1-5H3,(H,26,27)/t15-,16?,19-,24?/m0/s1. The second-order valence-corrected chi connectivity index (χ2v) is 11.6. The van der Waals surface area contributed by atoms with Gasteiger partial charge in [0.25, 0.3) is 0 Å². The molecule has 0 aliphatic heterocycles. The van der Waals surface area contributed by atoms with Crippen molar-refractivity contribution in [3.8, 4) is 11.5 Å². The minimum absolute atomic E-state index is 0.200. The summed E-state index contributed by atoms with van der Waals surface area (Å²) in [4.78, 5) is 4.53. The van der Waals surface area contributed by atoms with Gasteiger partial charge in [-0.25, -0.2) is 13.4 Å².